The highest BCUT2D eigenvalue weighted by Crippen LogP contribution is 2.42. The number of carbonyl (C=O) groups excluding carboxylic acids is 2. The standard InChI is InChI=1S/C21H17N3O3S/c25-18(22-21-24-23-19(28-21)13-6-7-13)14-8-9-16-15(10-14)11-17(27-20(16)26)12-4-2-1-3-5-12/h1-5,8-10,13,17H,6-7,11H2,(H,22,24,25)/t17-/m1/s1. The summed E-state index contributed by atoms with van der Waals surface area (Å²) in [6, 6.07) is 14.7. The number of ether oxygens (including phenoxy) is 1. The number of fused-ring (bicyclic) bond motifs is 1. The topological polar surface area (TPSA) is 81.2 Å². The van der Waals surface area contributed by atoms with E-state index in [1.165, 1.54) is 11.3 Å². The van der Waals surface area contributed by atoms with Gasteiger partial charge in [-0.05, 0) is 42.2 Å². The van der Waals surface area contributed by atoms with E-state index in [-0.39, 0.29) is 18.0 Å². The zero-order valence-electron chi connectivity index (χ0n) is 14.9. The molecule has 1 aromatic heterocycles. The summed E-state index contributed by atoms with van der Waals surface area (Å²) < 4.78 is 5.57. The minimum absolute atomic E-state index is 0.253. The molecule has 1 aliphatic heterocycles. The second kappa shape index (κ2) is 6.83. The van der Waals surface area contributed by atoms with Crippen molar-refractivity contribution in [2.75, 3.05) is 5.32 Å². The van der Waals surface area contributed by atoms with Gasteiger partial charge < -0.3 is 4.74 Å². The van der Waals surface area contributed by atoms with Gasteiger partial charge in [-0.2, -0.15) is 0 Å². The third-order valence-corrected chi connectivity index (χ3v) is 6.00. The first-order valence-electron chi connectivity index (χ1n) is 9.21. The normalized spacial score (nSPS) is 18.3. The van der Waals surface area contributed by atoms with Crippen molar-refractivity contribution in [3.8, 4) is 0 Å². The van der Waals surface area contributed by atoms with E-state index in [0.717, 1.165) is 29.0 Å². The van der Waals surface area contributed by atoms with Crippen LogP contribution in [0.3, 0.4) is 0 Å². The lowest BCUT2D eigenvalue weighted by molar-refractivity contribution is 0.0252. The van der Waals surface area contributed by atoms with Crippen molar-refractivity contribution in [2.24, 2.45) is 0 Å². The van der Waals surface area contributed by atoms with Gasteiger partial charge in [0.25, 0.3) is 5.91 Å². The average Bonchev–Trinajstić information content (AvgIpc) is 3.47. The number of amides is 1. The van der Waals surface area contributed by atoms with Crippen LogP contribution in [0.1, 0.15) is 61.7 Å². The number of hydrogen-bond donors (Lipinski definition) is 1. The van der Waals surface area contributed by atoms with Crippen molar-refractivity contribution in [2.45, 2.75) is 31.3 Å². The smallest absolute Gasteiger partial charge is 0.339 e. The second-order valence-electron chi connectivity index (χ2n) is 7.05. The van der Waals surface area contributed by atoms with Crippen LogP contribution in [-0.2, 0) is 11.2 Å². The highest BCUT2D eigenvalue weighted by atomic mass is 32.1. The molecule has 0 saturated heterocycles. The van der Waals surface area contributed by atoms with Crippen molar-refractivity contribution < 1.29 is 14.3 Å². The van der Waals surface area contributed by atoms with E-state index >= 15 is 0 Å². The lowest BCUT2D eigenvalue weighted by Crippen LogP contribution is -2.23. The number of carbonyl (C=O) groups is 2. The monoisotopic (exact) mass is 391 g/mol. The summed E-state index contributed by atoms with van der Waals surface area (Å²) in [7, 11) is 0. The number of esters is 1. The first-order valence-corrected chi connectivity index (χ1v) is 10.0. The van der Waals surface area contributed by atoms with E-state index in [1.54, 1.807) is 18.2 Å². The largest absolute Gasteiger partial charge is 0.454 e. The van der Waals surface area contributed by atoms with Crippen molar-refractivity contribution in [3.63, 3.8) is 0 Å². The molecule has 2 aromatic carbocycles. The summed E-state index contributed by atoms with van der Waals surface area (Å²) >= 11 is 1.43. The van der Waals surface area contributed by atoms with Gasteiger partial charge >= 0.3 is 5.97 Å². The molecule has 2 heterocycles. The minimum Gasteiger partial charge on any atom is -0.454 e. The highest BCUT2D eigenvalue weighted by Gasteiger charge is 2.29. The molecule has 0 spiro atoms. The van der Waals surface area contributed by atoms with E-state index < -0.39 is 0 Å². The molecule has 140 valence electrons. The molecule has 1 amide bonds. The van der Waals surface area contributed by atoms with Gasteiger partial charge in [0.05, 0.1) is 5.56 Å². The quantitative estimate of drug-likeness (QED) is 0.677. The number of aromatic nitrogens is 2. The maximum absolute atomic E-state index is 12.6. The lowest BCUT2D eigenvalue weighted by Gasteiger charge is -2.25. The van der Waals surface area contributed by atoms with Crippen molar-refractivity contribution in [1.29, 1.82) is 0 Å². The van der Waals surface area contributed by atoms with Crippen LogP contribution in [0.5, 0.6) is 0 Å². The first-order chi connectivity index (χ1) is 13.7. The number of benzene rings is 2. The molecule has 28 heavy (non-hydrogen) atoms. The van der Waals surface area contributed by atoms with Crippen LogP contribution in [0.25, 0.3) is 0 Å². The maximum Gasteiger partial charge on any atom is 0.339 e. The third kappa shape index (κ3) is 3.29. The number of nitrogens with one attached hydrogen (secondary N) is 1. The number of nitrogens with zero attached hydrogens (tertiary/aromatic N) is 2. The summed E-state index contributed by atoms with van der Waals surface area (Å²) in [5.41, 5.74) is 2.76. The van der Waals surface area contributed by atoms with Crippen molar-refractivity contribution in [1.82, 2.24) is 10.2 Å². The minimum atomic E-state index is -0.361. The molecule has 0 bridgehead atoms. The Bertz CT molecular complexity index is 1060. The predicted molar refractivity (Wildman–Crippen MR) is 105 cm³/mol. The fraction of sp³-hybridized carbons (Fsp3) is 0.238. The Hall–Kier alpha value is -3.06. The van der Waals surface area contributed by atoms with E-state index in [2.05, 4.69) is 15.5 Å². The molecule has 7 heteroatoms. The summed E-state index contributed by atoms with van der Waals surface area (Å²) in [6.07, 6.45) is 2.48. The Morgan fingerprint density at radius 3 is 2.71 bits per heavy atom. The molecule has 1 atom stereocenters. The van der Waals surface area contributed by atoms with Gasteiger partial charge in [-0.3, -0.25) is 10.1 Å². The second-order valence-corrected chi connectivity index (χ2v) is 8.06. The Morgan fingerprint density at radius 2 is 1.93 bits per heavy atom. The third-order valence-electron chi connectivity index (χ3n) is 5.00. The lowest BCUT2D eigenvalue weighted by atomic mass is 9.93. The van der Waals surface area contributed by atoms with Gasteiger partial charge in [0, 0.05) is 17.9 Å². The Morgan fingerprint density at radius 1 is 1.11 bits per heavy atom. The molecule has 1 fully saturated rings. The number of hydrogen-bond acceptors (Lipinski definition) is 6. The first kappa shape index (κ1) is 17.1. The molecule has 1 N–H and O–H groups in total. The fourth-order valence-electron chi connectivity index (χ4n) is 3.34. The number of anilines is 1. The number of cyclic esters (lactones) is 1. The molecular weight excluding hydrogens is 374 g/mol. The zero-order valence-corrected chi connectivity index (χ0v) is 15.7. The van der Waals surface area contributed by atoms with Crippen LogP contribution in [0.4, 0.5) is 5.13 Å². The van der Waals surface area contributed by atoms with Crippen LogP contribution >= 0.6 is 11.3 Å². The molecule has 1 aliphatic carbocycles. The van der Waals surface area contributed by atoms with E-state index in [1.807, 2.05) is 30.3 Å². The van der Waals surface area contributed by atoms with Crippen LogP contribution in [0.15, 0.2) is 48.5 Å². The van der Waals surface area contributed by atoms with Gasteiger partial charge in [-0.25, -0.2) is 4.79 Å². The Kier molecular flexibility index (Phi) is 4.16. The van der Waals surface area contributed by atoms with Gasteiger partial charge in [0.1, 0.15) is 11.1 Å². The molecule has 0 unspecified atom stereocenters. The summed E-state index contributed by atoms with van der Waals surface area (Å²) in [6.45, 7) is 0. The van der Waals surface area contributed by atoms with Crippen LogP contribution in [-0.4, -0.2) is 22.1 Å². The fourth-order valence-corrected chi connectivity index (χ4v) is 4.25. The van der Waals surface area contributed by atoms with E-state index in [4.69, 9.17) is 4.74 Å². The van der Waals surface area contributed by atoms with Crippen LogP contribution < -0.4 is 5.32 Å². The molecule has 2 aliphatic rings. The summed E-state index contributed by atoms with van der Waals surface area (Å²) in [5.74, 6) is -0.107. The van der Waals surface area contributed by atoms with Crippen LogP contribution in [0.2, 0.25) is 0 Å². The van der Waals surface area contributed by atoms with Gasteiger partial charge in [0.2, 0.25) is 5.13 Å². The predicted octanol–water partition coefficient (Wildman–Crippen LogP) is 4.12. The molecule has 6 nitrogen and oxygen atoms in total. The van der Waals surface area contributed by atoms with Gasteiger partial charge in [0.15, 0.2) is 0 Å². The number of rotatable bonds is 4. The summed E-state index contributed by atoms with van der Waals surface area (Å²) in [4.78, 5) is 25.0. The molecular formula is C21H17N3O3S. The Balaban J connectivity index is 1.37. The van der Waals surface area contributed by atoms with Crippen LogP contribution in [0, 0.1) is 0 Å². The van der Waals surface area contributed by atoms with Gasteiger partial charge in [-0.15, -0.1) is 10.2 Å². The zero-order chi connectivity index (χ0) is 19.1. The molecule has 3 aromatic rings. The SMILES string of the molecule is O=C(Nc1nnc(C2CC2)s1)c1ccc2c(c1)C[C@H](c1ccccc1)OC2=O. The van der Waals surface area contributed by atoms with Crippen molar-refractivity contribution in [3.05, 3.63) is 75.8 Å². The average molecular weight is 391 g/mol. The molecule has 0 radical (unpaired) electrons. The Labute approximate surface area is 165 Å². The molecule has 5 rings (SSSR count). The van der Waals surface area contributed by atoms with E-state index in [9.17, 15) is 9.59 Å². The van der Waals surface area contributed by atoms with Gasteiger partial charge in [-0.1, -0.05) is 41.7 Å². The van der Waals surface area contributed by atoms with Crippen molar-refractivity contribution >= 4 is 28.3 Å². The molecule has 1 saturated carbocycles. The summed E-state index contributed by atoms with van der Waals surface area (Å²) in [5, 5.41) is 12.5. The van der Waals surface area contributed by atoms with E-state index in [0.29, 0.717) is 28.6 Å². The highest BCUT2D eigenvalue weighted by molar-refractivity contribution is 7.15. The maximum atomic E-state index is 12.6.